The van der Waals surface area contributed by atoms with Crippen molar-refractivity contribution in [2.45, 2.75) is 84.7 Å². The average molecular weight is 633 g/mol. The first-order valence-electron chi connectivity index (χ1n) is 12.2. The second-order valence-corrected chi connectivity index (χ2v) is 11.1. The molecule has 0 radical (unpaired) electrons. The Balaban J connectivity index is 0.00000324. The molecule has 0 saturated heterocycles. The Morgan fingerprint density at radius 2 is 1.35 bits per heavy atom. The maximum atomic E-state index is 5.24. The van der Waals surface area contributed by atoms with Crippen molar-refractivity contribution in [2.24, 2.45) is 0 Å². The van der Waals surface area contributed by atoms with E-state index in [-0.39, 0.29) is 21.9 Å². The van der Waals surface area contributed by atoms with E-state index in [2.05, 4.69) is 105 Å². The second kappa shape index (κ2) is 11.7. The molecule has 0 unspecified atom stereocenters. The zero-order valence-corrected chi connectivity index (χ0v) is 24.6. The largest absolute Gasteiger partial charge is 0.327 e. The summed E-state index contributed by atoms with van der Waals surface area (Å²) >= 11 is 7.44. The number of hydrogen-bond donors (Lipinski definition) is 0. The Morgan fingerprint density at radius 1 is 0.765 bits per heavy atom. The molecule has 7 heteroatoms. The first-order valence-corrected chi connectivity index (χ1v) is 13.8. The van der Waals surface area contributed by atoms with Crippen LogP contribution < -0.4 is 0 Å². The van der Waals surface area contributed by atoms with Crippen molar-refractivity contribution in [2.75, 3.05) is 0 Å². The predicted molar refractivity (Wildman–Crippen MR) is 146 cm³/mol. The minimum atomic E-state index is -0.345. The zero-order chi connectivity index (χ0) is 23.6. The molecule has 0 atom stereocenters. The third-order valence-electron chi connectivity index (χ3n) is 6.56. The molecule has 4 aromatic rings. The molecule has 0 bridgehead atoms. The Bertz CT molecular complexity index is 1260. The summed E-state index contributed by atoms with van der Waals surface area (Å²) in [5.41, 5.74) is 4.13. The van der Waals surface area contributed by atoms with Gasteiger partial charge in [0.1, 0.15) is 17.2 Å². The van der Waals surface area contributed by atoms with Gasteiger partial charge in [-0.25, -0.2) is 9.97 Å². The summed E-state index contributed by atoms with van der Waals surface area (Å²) in [6, 6.07) is 12.8. The molecule has 0 saturated carbocycles. The first-order chi connectivity index (χ1) is 15.9. The number of fused-ring (bicyclic) bond motifs is 2. The van der Waals surface area contributed by atoms with Gasteiger partial charge in [0.15, 0.2) is 0 Å². The molecule has 2 aromatic heterocycles. The molecular formula is C27H34Br2N4Ni. The van der Waals surface area contributed by atoms with Crippen LogP contribution in [0.1, 0.15) is 77.9 Å². The number of benzene rings is 2. The molecule has 4 rings (SSSR count). The summed E-state index contributed by atoms with van der Waals surface area (Å²) in [4.78, 5) is 10.4. The number of nitrogens with zero attached hydrogens (tertiary/aromatic N) is 4. The summed E-state index contributed by atoms with van der Waals surface area (Å²) in [5, 5.41) is 0. The number of halogens is 2. The van der Waals surface area contributed by atoms with Gasteiger partial charge in [-0.05, 0) is 82.8 Å². The van der Waals surface area contributed by atoms with Crippen molar-refractivity contribution in [3.05, 3.63) is 57.0 Å². The van der Waals surface area contributed by atoms with Crippen LogP contribution in [-0.2, 0) is 35.0 Å². The van der Waals surface area contributed by atoms with Crippen LogP contribution in [0.25, 0.3) is 22.1 Å². The fourth-order valence-corrected chi connectivity index (χ4v) is 5.50. The van der Waals surface area contributed by atoms with Gasteiger partial charge in [-0.1, -0.05) is 51.7 Å². The SMILES string of the molecule is CCCCCn1c(C(C)(C)c2nc3c(Br)c(Br)ccc3n2CCCCC)nc2ccccc21.[Ni]. The van der Waals surface area contributed by atoms with Gasteiger partial charge >= 0.3 is 0 Å². The monoisotopic (exact) mass is 630 g/mol. The maximum Gasteiger partial charge on any atom is 0.123 e. The predicted octanol–water partition coefficient (Wildman–Crippen LogP) is 8.61. The zero-order valence-electron chi connectivity index (χ0n) is 20.5. The van der Waals surface area contributed by atoms with Gasteiger partial charge in [0, 0.05) is 34.1 Å². The van der Waals surface area contributed by atoms with Crippen LogP contribution in [0.3, 0.4) is 0 Å². The Hall–Kier alpha value is -1.17. The summed E-state index contributed by atoms with van der Waals surface area (Å²) in [7, 11) is 0. The molecule has 4 nitrogen and oxygen atoms in total. The van der Waals surface area contributed by atoms with Crippen molar-refractivity contribution < 1.29 is 16.5 Å². The number of unbranched alkanes of at least 4 members (excludes halogenated alkanes) is 4. The van der Waals surface area contributed by atoms with E-state index in [1.807, 2.05) is 0 Å². The molecule has 0 amide bonds. The Morgan fingerprint density at radius 3 is 2.00 bits per heavy atom. The van der Waals surface area contributed by atoms with Crippen molar-refractivity contribution >= 4 is 53.9 Å². The molecular weight excluding hydrogens is 599 g/mol. The molecule has 186 valence electrons. The number of hydrogen-bond acceptors (Lipinski definition) is 2. The maximum absolute atomic E-state index is 5.24. The van der Waals surface area contributed by atoms with Crippen molar-refractivity contribution in [3.63, 3.8) is 0 Å². The van der Waals surface area contributed by atoms with Gasteiger partial charge in [0.2, 0.25) is 0 Å². The molecule has 34 heavy (non-hydrogen) atoms. The van der Waals surface area contributed by atoms with E-state index in [4.69, 9.17) is 9.97 Å². The smallest absolute Gasteiger partial charge is 0.123 e. The van der Waals surface area contributed by atoms with Crippen molar-refractivity contribution in [1.29, 1.82) is 0 Å². The van der Waals surface area contributed by atoms with E-state index in [0.29, 0.717) is 0 Å². The van der Waals surface area contributed by atoms with Gasteiger partial charge in [0.25, 0.3) is 0 Å². The van der Waals surface area contributed by atoms with Gasteiger partial charge in [-0.15, -0.1) is 0 Å². The molecule has 0 aliphatic heterocycles. The average Bonchev–Trinajstić information content (AvgIpc) is 3.37. The minimum Gasteiger partial charge on any atom is -0.327 e. The van der Waals surface area contributed by atoms with Crippen LogP contribution in [0.4, 0.5) is 0 Å². The number of imidazole rings is 2. The normalized spacial score (nSPS) is 11.9. The van der Waals surface area contributed by atoms with Crippen molar-refractivity contribution in [1.82, 2.24) is 19.1 Å². The number of aromatic nitrogens is 4. The quantitative estimate of drug-likeness (QED) is 0.130. The van der Waals surface area contributed by atoms with Gasteiger partial charge in [-0.3, -0.25) is 0 Å². The third kappa shape index (κ3) is 5.17. The number of para-hydroxylation sites is 2. The summed E-state index contributed by atoms with van der Waals surface area (Å²) in [5.74, 6) is 2.18. The van der Waals surface area contributed by atoms with Gasteiger partial charge < -0.3 is 9.13 Å². The first kappa shape index (κ1) is 27.4. The van der Waals surface area contributed by atoms with Gasteiger partial charge in [-0.2, -0.15) is 0 Å². The number of aryl methyl sites for hydroxylation is 2. The van der Waals surface area contributed by atoms with Crippen LogP contribution in [-0.4, -0.2) is 19.1 Å². The molecule has 0 fully saturated rings. The van der Waals surface area contributed by atoms with Crippen LogP contribution in [0, 0.1) is 0 Å². The minimum absolute atomic E-state index is 0. The van der Waals surface area contributed by atoms with Crippen LogP contribution >= 0.6 is 31.9 Å². The summed E-state index contributed by atoms with van der Waals surface area (Å²) in [6.07, 6.45) is 7.15. The molecule has 0 N–H and O–H groups in total. The Kier molecular flexibility index (Phi) is 9.45. The molecule has 2 heterocycles. The standard InChI is InChI=1S/C27H34Br2N4.Ni/c1-5-7-11-17-32-21-14-10-9-13-20(21)30-25(32)27(3,4)26-31-24-22(16-15-19(28)23(24)29)33(26)18-12-8-6-2;/h9-10,13-16H,5-8,11-12,17-18H2,1-4H3;. The van der Waals surface area contributed by atoms with Crippen LogP contribution in [0.5, 0.6) is 0 Å². The topological polar surface area (TPSA) is 35.6 Å². The summed E-state index contributed by atoms with van der Waals surface area (Å²) < 4.78 is 6.91. The molecule has 0 spiro atoms. The molecule has 0 aliphatic rings. The summed E-state index contributed by atoms with van der Waals surface area (Å²) in [6.45, 7) is 11.0. The fourth-order valence-electron chi connectivity index (χ4n) is 4.76. The second-order valence-electron chi connectivity index (χ2n) is 9.43. The van der Waals surface area contributed by atoms with E-state index < -0.39 is 0 Å². The van der Waals surface area contributed by atoms with E-state index in [9.17, 15) is 0 Å². The molecule has 0 aliphatic carbocycles. The van der Waals surface area contributed by atoms with E-state index in [1.54, 1.807) is 0 Å². The van der Waals surface area contributed by atoms with E-state index in [0.717, 1.165) is 57.6 Å². The van der Waals surface area contributed by atoms with E-state index >= 15 is 0 Å². The number of rotatable bonds is 10. The third-order valence-corrected chi connectivity index (χ3v) is 8.55. The van der Waals surface area contributed by atoms with Crippen molar-refractivity contribution in [3.8, 4) is 0 Å². The van der Waals surface area contributed by atoms with Gasteiger partial charge in [0.05, 0.1) is 26.4 Å². The fraction of sp³-hybridized carbons (Fsp3) is 0.481. The van der Waals surface area contributed by atoms with E-state index in [1.165, 1.54) is 36.7 Å². The molecule has 2 aromatic carbocycles. The van der Waals surface area contributed by atoms with Crippen LogP contribution in [0.2, 0.25) is 0 Å². The Labute approximate surface area is 230 Å². The van der Waals surface area contributed by atoms with Crippen LogP contribution in [0.15, 0.2) is 45.3 Å².